The Morgan fingerprint density at radius 1 is 1.35 bits per heavy atom. The smallest absolute Gasteiger partial charge is 0.133 e. The number of nitrogens with two attached hydrogens (primary N) is 1. The van der Waals surface area contributed by atoms with Crippen molar-refractivity contribution in [2.24, 2.45) is 11.7 Å². The predicted molar refractivity (Wildman–Crippen MR) is 87.5 cm³/mol. The van der Waals surface area contributed by atoms with Gasteiger partial charge in [0.1, 0.15) is 11.9 Å². The molecular formula is C17H27NOS. The Hall–Kier alpha value is -0.670. The van der Waals surface area contributed by atoms with E-state index in [1.807, 2.05) is 17.8 Å². The van der Waals surface area contributed by atoms with Crippen LogP contribution >= 0.6 is 11.8 Å². The van der Waals surface area contributed by atoms with E-state index in [2.05, 4.69) is 32.0 Å². The van der Waals surface area contributed by atoms with Crippen molar-refractivity contribution in [1.29, 1.82) is 0 Å². The average molecular weight is 293 g/mol. The molecule has 1 aliphatic heterocycles. The first-order valence-electron chi connectivity index (χ1n) is 7.88. The van der Waals surface area contributed by atoms with Crippen LogP contribution in [-0.2, 0) is 0 Å². The van der Waals surface area contributed by atoms with Crippen LogP contribution in [0.5, 0.6) is 5.75 Å². The van der Waals surface area contributed by atoms with Crippen LogP contribution in [-0.4, -0.2) is 17.9 Å². The maximum Gasteiger partial charge on any atom is 0.133 e. The second-order valence-corrected chi connectivity index (χ2v) is 6.79. The third-order valence-corrected chi connectivity index (χ3v) is 5.30. The molecule has 1 heterocycles. The van der Waals surface area contributed by atoms with Crippen LogP contribution in [0.2, 0.25) is 0 Å². The number of rotatable bonds is 7. The van der Waals surface area contributed by atoms with Crippen molar-refractivity contribution in [3.05, 3.63) is 24.3 Å². The summed E-state index contributed by atoms with van der Waals surface area (Å²) in [5.74, 6) is 2.73. The van der Waals surface area contributed by atoms with Gasteiger partial charge in [0.15, 0.2) is 0 Å². The zero-order valence-electron chi connectivity index (χ0n) is 12.7. The molecule has 1 aromatic carbocycles. The molecule has 112 valence electrons. The van der Waals surface area contributed by atoms with Gasteiger partial charge < -0.3 is 10.5 Å². The van der Waals surface area contributed by atoms with Crippen molar-refractivity contribution in [2.75, 3.05) is 5.75 Å². The van der Waals surface area contributed by atoms with Gasteiger partial charge in [0.25, 0.3) is 0 Å². The Morgan fingerprint density at radius 3 is 2.90 bits per heavy atom. The van der Waals surface area contributed by atoms with Gasteiger partial charge in [-0.05, 0) is 24.5 Å². The van der Waals surface area contributed by atoms with Crippen LogP contribution in [0.15, 0.2) is 29.2 Å². The standard InChI is InChI=1S/C17H27NOS/c1-3-5-8-13(4-2)11-14(18)16-12-20-17-10-7-6-9-15(17)19-16/h6-7,9-10,13-14,16H,3-5,8,11-12,18H2,1-2H3. The monoisotopic (exact) mass is 293 g/mol. The summed E-state index contributed by atoms with van der Waals surface area (Å²) in [5.41, 5.74) is 6.42. The fourth-order valence-electron chi connectivity index (χ4n) is 2.76. The summed E-state index contributed by atoms with van der Waals surface area (Å²) in [6.45, 7) is 4.53. The average Bonchev–Trinajstić information content (AvgIpc) is 2.50. The van der Waals surface area contributed by atoms with Crippen LogP contribution in [0.3, 0.4) is 0 Å². The summed E-state index contributed by atoms with van der Waals surface area (Å²) >= 11 is 1.87. The molecule has 0 fully saturated rings. The largest absolute Gasteiger partial charge is 0.487 e. The van der Waals surface area contributed by atoms with Gasteiger partial charge in [0.2, 0.25) is 0 Å². The predicted octanol–water partition coefficient (Wildman–Crippen LogP) is 4.47. The van der Waals surface area contributed by atoms with E-state index in [1.54, 1.807) is 0 Å². The molecule has 2 rings (SSSR count). The van der Waals surface area contributed by atoms with E-state index in [9.17, 15) is 0 Å². The Morgan fingerprint density at radius 2 is 2.15 bits per heavy atom. The summed E-state index contributed by atoms with van der Waals surface area (Å²) in [4.78, 5) is 1.24. The molecule has 1 aromatic rings. The minimum Gasteiger partial charge on any atom is -0.487 e. The first-order valence-corrected chi connectivity index (χ1v) is 8.87. The summed E-state index contributed by atoms with van der Waals surface area (Å²) in [6, 6.07) is 8.42. The minimum atomic E-state index is 0.151. The van der Waals surface area contributed by atoms with E-state index in [1.165, 1.54) is 30.6 Å². The first kappa shape index (κ1) is 15.7. The molecule has 0 bridgehead atoms. The highest BCUT2D eigenvalue weighted by Gasteiger charge is 2.27. The van der Waals surface area contributed by atoms with Gasteiger partial charge in [-0.15, -0.1) is 11.8 Å². The molecule has 0 aliphatic carbocycles. The summed E-state index contributed by atoms with van der Waals surface area (Å²) < 4.78 is 6.10. The van der Waals surface area contributed by atoms with Crippen molar-refractivity contribution < 1.29 is 4.74 Å². The molecule has 20 heavy (non-hydrogen) atoms. The number of hydrogen-bond donors (Lipinski definition) is 1. The second-order valence-electron chi connectivity index (χ2n) is 5.73. The Bertz CT molecular complexity index is 410. The quantitative estimate of drug-likeness (QED) is 0.805. The van der Waals surface area contributed by atoms with Crippen LogP contribution in [0.4, 0.5) is 0 Å². The molecule has 0 aromatic heterocycles. The van der Waals surface area contributed by atoms with Gasteiger partial charge in [-0.25, -0.2) is 0 Å². The number of fused-ring (bicyclic) bond motifs is 1. The van der Waals surface area contributed by atoms with E-state index in [4.69, 9.17) is 10.5 Å². The van der Waals surface area contributed by atoms with E-state index in [0.717, 1.165) is 23.8 Å². The SMILES string of the molecule is CCCCC(CC)CC(N)C1CSc2ccccc2O1. The fourth-order valence-corrected chi connectivity index (χ4v) is 3.86. The second kappa shape index (κ2) is 7.94. The van der Waals surface area contributed by atoms with Crippen LogP contribution in [0.1, 0.15) is 46.0 Å². The van der Waals surface area contributed by atoms with Crippen molar-refractivity contribution >= 4 is 11.8 Å². The molecule has 0 amide bonds. The van der Waals surface area contributed by atoms with E-state index >= 15 is 0 Å². The summed E-state index contributed by atoms with van der Waals surface area (Å²) in [5, 5.41) is 0. The number of thioether (sulfide) groups is 1. The molecule has 0 spiro atoms. The normalized spacial score (nSPS) is 20.9. The highest BCUT2D eigenvalue weighted by molar-refractivity contribution is 7.99. The highest BCUT2D eigenvalue weighted by Crippen LogP contribution is 2.36. The molecule has 0 saturated heterocycles. The maximum absolute atomic E-state index is 6.42. The highest BCUT2D eigenvalue weighted by atomic mass is 32.2. The third-order valence-electron chi connectivity index (χ3n) is 4.16. The van der Waals surface area contributed by atoms with Crippen molar-refractivity contribution in [3.8, 4) is 5.75 Å². The van der Waals surface area contributed by atoms with Crippen molar-refractivity contribution in [1.82, 2.24) is 0 Å². The number of hydrogen-bond acceptors (Lipinski definition) is 3. The number of unbranched alkanes of at least 4 members (excludes halogenated alkanes) is 1. The topological polar surface area (TPSA) is 35.2 Å². The lowest BCUT2D eigenvalue weighted by Crippen LogP contribution is -2.43. The molecule has 1 aliphatic rings. The first-order chi connectivity index (χ1) is 9.74. The van der Waals surface area contributed by atoms with Crippen LogP contribution in [0.25, 0.3) is 0 Å². The lowest BCUT2D eigenvalue weighted by atomic mass is 9.90. The zero-order chi connectivity index (χ0) is 14.4. The van der Waals surface area contributed by atoms with Crippen molar-refractivity contribution in [3.63, 3.8) is 0 Å². The van der Waals surface area contributed by atoms with E-state index in [0.29, 0.717) is 0 Å². The maximum atomic E-state index is 6.42. The Labute approximate surface area is 127 Å². The number of benzene rings is 1. The van der Waals surface area contributed by atoms with Gasteiger partial charge in [0, 0.05) is 16.7 Å². The summed E-state index contributed by atoms with van der Waals surface area (Å²) in [6.07, 6.45) is 6.36. The van der Waals surface area contributed by atoms with Crippen molar-refractivity contribution in [2.45, 2.75) is 63.0 Å². The van der Waals surface area contributed by atoms with Gasteiger partial charge in [-0.1, -0.05) is 51.7 Å². The summed E-state index contributed by atoms with van der Waals surface area (Å²) in [7, 11) is 0. The lowest BCUT2D eigenvalue weighted by Gasteiger charge is -2.31. The molecule has 2 nitrogen and oxygen atoms in total. The van der Waals surface area contributed by atoms with Gasteiger partial charge >= 0.3 is 0 Å². The minimum absolute atomic E-state index is 0.151. The molecule has 0 radical (unpaired) electrons. The zero-order valence-corrected chi connectivity index (χ0v) is 13.5. The lowest BCUT2D eigenvalue weighted by molar-refractivity contribution is 0.167. The van der Waals surface area contributed by atoms with Gasteiger partial charge in [-0.3, -0.25) is 0 Å². The molecule has 3 heteroatoms. The Kier molecular flexibility index (Phi) is 6.24. The molecule has 0 saturated carbocycles. The van der Waals surface area contributed by atoms with E-state index in [-0.39, 0.29) is 12.1 Å². The molecular weight excluding hydrogens is 266 g/mol. The molecule has 3 atom stereocenters. The number of ether oxygens (including phenoxy) is 1. The molecule has 3 unspecified atom stereocenters. The van der Waals surface area contributed by atoms with E-state index < -0.39 is 0 Å². The number of para-hydroxylation sites is 1. The molecule has 2 N–H and O–H groups in total. The van der Waals surface area contributed by atoms with Crippen LogP contribution in [0, 0.1) is 5.92 Å². The van der Waals surface area contributed by atoms with Gasteiger partial charge in [-0.2, -0.15) is 0 Å². The van der Waals surface area contributed by atoms with Crippen LogP contribution < -0.4 is 10.5 Å². The van der Waals surface area contributed by atoms with Gasteiger partial charge in [0.05, 0.1) is 0 Å². The third kappa shape index (κ3) is 4.16. The fraction of sp³-hybridized carbons (Fsp3) is 0.647. The Balaban J connectivity index is 1.89.